The van der Waals surface area contributed by atoms with Crippen LogP contribution in [0.4, 0.5) is 10.5 Å². The molecule has 1 aromatic carbocycles. The van der Waals surface area contributed by atoms with Gasteiger partial charge in [0.15, 0.2) is 5.78 Å². The summed E-state index contributed by atoms with van der Waals surface area (Å²) >= 11 is 0. The fourth-order valence-corrected chi connectivity index (χ4v) is 1.32. The lowest BCUT2D eigenvalue weighted by Gasteiger charge is -2.12. The van der Waals surface area contributed by atoms with Gasteiger partial charge in [-0.2, -0.15) is 0 Å². The summed E-state index contributed by atoms with van der Waals surface area (Å²) in [7, 11) is 0. The molecule has 0 aromatic heterocycles. The van der Waals surface area contributed by atoms with E-state index in [4.69, 9.17) is 5.11 Å². The van der Waals surface area contributed by atoms with Crippen molar-refractivity contribution in [3.63, 3.8) is 0 Å². The molecule has 6 heteroatoms. The first-order valence-corrected chi connectivity index (χ1v) is 5.32. The third kappa shape index (κ3) is 3.58. The van der Waals surface area contributed by atoms with Gasteiger partial charge in [0, 0.05) is 5.56 Å². The van der Waals surface area contributed by atoms with Crippen molar-refractivity contribution in [2.24, 2.45) is 0 Å². The van der Waals surface area contributed by atoms with Crippen LogP contribution in [0.3, 0.4) is 0 Å². The Bertz CT molecular complexity index is 485. The molecule has 0 radical (unpaired) electrons. The quantitative estimate of drug-likeness (QED) is 0.705. The van der Waals surface area contributed by atoms with Gasteiger partial charge in [0.25, 0.3) is 0 Å². The fourth-order valence-electron chi connectivity index (χ4n) is 1.32. The molecule has 0 aliphatic heterocycles. The van der Waals surface area contributed by atoms with Crippen LogP contribution in [-0.2, 0) is 4.79 Å². The Hall–Kier alpha value is -2.37. The van der Waals surface area contributed by atoms with E-state index in [2.05, 4.69) is 10.6 Å². The van der Waals surface area contributed by atoms with Gasteiger partial charge in [0.1, 0.15) is 6.04 Å². The number of carbonyl (C=O) groups is 3. The normalized spacial score (nSPS) is 11.4. The lowest BCUT2D eigenvalue weighted by atomic mass is 10.1. The van der Waals surface area contributed by atoms with Crippen molar-refractivity contribution in [1.29, 1.82) is 0 Å². The number of hydrogen-bond donors (Lipinski definition) is 3. The summed E-state index contributed by atoms with van der Waals surface area (Å²) in [6.07, 6.45) is 0. The van der Waals surface area contributed by atoms with Gasteiger partial charge in [-0.15, -0.1) is 0 Å². The van der Waals surface area contributed by atoms with Crippen LogP contribution < -0.4 is 10.6 Å². The SMILES string of the molecule is CC(=O)c1ccccc1NC(=O)N[C@@H](C)C(=O)O. The van der Waals surface area contributed by atoms with Crippen molar-refractivity contribution in [2.45, 2.75) is 19.9 Å². The van der Waals surface area contributed by atoms with Crippen LogP contribution in [-0.4, -0.2) is 28.9 Å². The summed E-state index contributed by atoms with van der Waals surface area (Å²) in [6, 6.07) is 4.83. The minimum Gasteiger partial charge on any atom is -0.480 e. The van der Waals surface area contributed by atoms with Crippen LogP contribution in [0.15, 0.2) is 24.3 Å². The van der Waals surface area contributed by atoms with Gasteiger partial charge in [0.2, 0.25) is 0 Å². The standard InChI is InChI=1S/C12H14N2O4/c1-7(11(16)17)13-12(18)14-10-6-4-3-5-9(10)8(2)15/h3-7H,1-2H3,(H,16,17)(H2,13,14,18)/t7-/m0/s1. The van der Waals surface area contributed by atoms with E-state index in [1.54, 1.807) is 24.3 Å². The van der Waals surface area contributed by atoms with Crippen LogP contribution in [0.1, 0.15) is 24.2 Å². The number of benzene rings is 1. The second-order valence-electron chi connectivity index (χ2n) is 3.76. The van der Waals surface area contributed by atoms with E-state index in [0.29, 0.717) is 11.3 Å². The van der Waals surface area contributed by atoms with E-state index in [0.717, 1.165) is 0 Å². The van der Waals surface area contributed by atoms with Crippen molar-refractivity contribution in [2.75, 3.05) is 5.32 Å². The second-order valence-corrected chi connectivity index (χ2v) is 3.76. The molecule has 1 aromatic rings. The van der Waals surface area contributed by atoms with Crippen molar-refractivity contribution in [3.05, 3.63) is 29.8 Å². The summed E-state index contributed by atoms with van der Waals surface area (Å²) in [5, 5.41) is 13.3. The maximum Gasteiger partial charge on any atom is 0.325 e. The van der Waals surface area contributed by atoms with Crippen LogP contribution in [0.2, 0.25) is 0 Å². The number of amides is 2. The highest BCUT2D eigenvalue weighted by Crippen LogP contribution is 2.15. The van der Waals surface area contributed by atoms with Gasteiger partial charge in [-0.3, -0.25) is 9.59 Å². The second kappa shape index (κ2) is 5.81. The third-order valence-electron chi connectivity index (χ3n) is 2.27. The number of carbonyl (C=O) groups excluding carboxylic acids is 2. The first kappa shape index (κ1) is 13.7. The van der Waals surface area contributed by atoms with E-state index < -0.39 is 18.0 Å². The Morgan fingerprint density at radius 3 is 2.39 bits per heavy atom. The number of aliphatic carboxylic acids is 1. The van der Waals surface area contributed by atoms with Crippen molar-refractivity contribution >= 4 is 23.5 Å². The third-order valence-corrected chi connectivity index (χ3v) is 2.27. The number of anilines is 1. The lowest BCUT2D eigenvalue weighted by molar-refractivity contribution is -0.138. The zero-order valence-electron chi connectivity index (χ0n) is 10.1. The fraction of sp³-hybridized carbons (Fsp3) is 0.250. The molecule has 0 heterocycles. The number of nitrogens with one attached hydrogen (secondary N) is 2. The van der Waals surface area contributed by atoms with E-state index >= 15 is 0 Å². The maximum atomic E-state index is 11.5. The average Bonchev–Trinajstić information content (AvgIpc) is 2.28. The minimum absolute atomic E-state index is 0.183. The van der Waals surface area contributed by atoms with Crippen LogP contribution in [0.5, 0.6) is 0 Å². The number of carboxylic acids is 1. The summed E-state index contributed by atoms with van der Waals surface area (Å²) in [6.45, 7) is 2.73. The first-order chi connectivity index (χ1) is 8.41. The molecule has 0 saturated carbocycles. The first-order valence-electron chi connectivity index (χ1n) is 5.32. The maximum absolute atomic E-state index is 11.5. The topological polar surface area (TPSA) is 95.5 Å². The highest BCUT2D eigenvalue weighted by molar-refractivity contribution is 6.03. The number of rotatable bonds is 4. The molecule has 0 spiro atoms. The summed E-state index contributed by atoms with van der Waals surface area (Å²) in [4.78, 5) is 33.4. The molecule has 0 saturated heterocycles. The van der Waals surface area contributed by atoms with Gasteiger partial charge in [-0.25, -0.2) is 4.79 Å². The molecule has 6 nitrogen and oxygen atoms in total. The molecule has 1 rings (SSSR count). The monoisotopic (exact) mass is 250 g/mol. The molecular weight excluding hydrogens is 236 g/mol. The zero-order chi connectivity index (χ0) is 13.7. The largest absolute Gasteiger partial charge is 0.480 e. The highest BCUT2D eigenvalue weighted by Gasteiger charge is 2.15. The molecule has 3 N–H and O–H groups in total. The van der Waals surface area contributed by atoms with Crippen molar-refractivity contribution < 1.29 is 19.5 Å². The predicted octanol–water partition coefficient (Wildman–Crippen LogP) is 1.48. The molecule has 96 valence electrons. The molecule has 0 bridgehead atoms. The Morgan fingerprint density at radius 1 is 1.22 bits per heavy atom. The summed E-state index contributed by atoms with van der Waals surface area (Å²) in [5.74, 6) is -1.32. The van der Waals surface area contributed by atoms with E-state index in [-0.39, 0.29) is 5.78 Å². The summed E-state index contributed by atoms with van der Waals surface area (Å²) in [5.41, 5.74) is 0.718. The molecule has 18 heavy (non-hydrogen) atoms. The van der Waals surface area contributed by atoms with Gasteiger partial charge < -0.3 is 15.7 Å². The molecule has 1 atom stereocenters. The number of urea groups is 1. The van der Waals surface area contributed by atoms with Crippen LogP contribution in [0.25, 0.3) is 0 Å². The predicted molar refractivity (Wildman–Crippen MR) is 65.7 cm³/mol. The number of ketones is 1. The van der Waals surface area contributed by atoms with Crippen LogP contribution in [0, 0.1) is 0 Å². The Kier molecular flexibility index (Phi) is 4.42. The zero-order valence-corrected chi connectivity index (χ0v) is 10.1. The van der Waals surface area contributed by atoms with Crippen LogP contribution >= 0.6 is 0 Å². The summed E-state index contributed by atoms with van der Waals surface area (Å²) < 4.78 is 0. The van der Waals surface area contributed by atoms with E-state index in [1.165, 1.54) is 13.8 Å². The Morgan fingerprint density at radius 2 is 1.83 bits per heavy atom. The van der Waals surface area contributed by atoms with E-state index in [1.807, 2.05) is 0 Å². The highest BCUT2D eigenvalue weighted by atomic mass is 16.4. The number of carboxylic acid groups (broad SMARTS) is 1. The Labute approximate surface area is 104 Å². The number of hydrogen-bond acceptors (Lipinski definition) is 3. The van der Waals surface area contributed by atoms with Gasteiger partial charge in [-0.1, -0.05) is 12.1 Å². The Balaban J connectivity index is 2.76. The molecule has 0 aliphatic carbocycles. The van der Waals surface area contributed by atoms with Gasteiger partial charge in [0.05, 0.1) is 5.69 Å². The average molecular weight is 250 g/mol. The molecule has 0 fully saturated rings. The smallest absolute Gasteiger partial charge is 0.325 e. The minimum atomic E-state index is -1.13. The molecule has 2 amide bonds. The molecule has 0 unspecified atom stereocenters. The number of para-hydroxylation sites is 1. The lowest BCUT2D eigenvalue weighted by Crippen LogP contribution is -2.41. The van der Waals surface area contributed by atoms with Crippen molar-refractivity contribution in [1.82, 2.24) is 5.32 Å². The molecular formula is C12H14N2O4. The number of Topliss-reactive ketones (excluding diaryl/α,β-unsaturated/α-hetero) is 1. The van der Waals surface area contributed by atoms with Crippen molar-refractivity contribution in [3.8, 4) is 0 Å². The van der Waals surface area contributed by atoms with Gasteiger partial charge >= 0.3 is 12.0 Å². The molecule has 0 aliphatic rings. The van der Waals surface area contributed by atoms with E-state index in [9.17, 15) is 14.4 Å². The van der Waals surface area contributed by atoms with Gasteiger partial charge in [-0.05, 0) is 26.0 Å².